The molecule has 3 aromatic rings. The second kappa shape index (κ2) is 8.40. The molecule has 0 aliphatic carbocycles. The van der Waals surface area contributed by atoms with Gasteiger partial charge in [0.15, 0.2) is 0 Å². The largest absolute Gasteiger partial charge is 0.338 e. The first-order chi connectivity index (χ1) is 13.3. The van der Waals surface area contributed by atoms with Gasteiger partial charge in [0.1, 0.15) is 0 Å². The number of benzene rings is 2. The molecular weight excluding hydrogens is 350 g/mol. The molecule has 28 heavy (non-hydrogen) atoms. The number of rotatable bonds is 6. The van der Waals surface area contributed by atoms with Gasteiger partial charge in [-0.3, -0.25) is 15.4 Å². The highest BCUT2D eigenvalue weighted by Crippen LogP contribution is 2.24. The van der Waals surface area contributed by atoms with Crippen molar-refractivity contribution in [3.05, 3.63) is 83.0 Å². The number of nitrogens with one attached hydrogen (secondary N) is 2. The Kier molecular flexibility index (Phi) is 5.95. The van der Waals surface area contributed by atoms with Crippen molar-refractivity contribution in [2.45, 2.75) is 39.2 Å². The Morgan fingerprint density at radius 1 is 1.04 bits per heavy atom. The summed E-state index contributed by atoms with van der Waals surface area (Å²) >= 11 is 0. The molecule has 0 aliphatic rings. The summed E-state index contributed by atoms with van der Waals surface area (Å²) in [4.78, 5) is 12.4. The van der Waals surface area contributed by atoms with Crippen LogP contribution in [0.1, 0.15) is 49.2 Å². The number of carbonyl (C=O) groups is 1. The molecule has 0 bridgehead atoms. The number of aromatic nitrogens is 1. The van der Waals surface area contributed by atoms with Crippen LogP contribution < -0.4 is 10.6 Å². The number of carbonyl (C=O) groups excluding carboxylic acids is 1. The third-order valence-corrected chi connectivity index (χ3v) is 4.55. The third-order valence-electron chi connectivity index (χ3n) is 4.55. The SMILES string of the molecule is Cc1ccc([C@@H](NCC(=O)Nc2cc(C(C)(C)C)no2)c2ccccc2)cc1. The average molecular weight is 377 g/mol. The van der Waals surface area contributed by atoms with Crippen molar-refractivity contribution in [3.8, 4) is 0 Å². The van der Waals surface area contributed by atoms with E-state index in [-0.39, 0.29) is 23.9 Å². The average Bonchev–Trinajstić information content (AvgIpc) is 3.13. The van der Waals surface area contributed by atoms with Gasteiger partial charge in [0, 0.05) is 11.5 Å². The summed E-state index contributed by atoms with van der Waals surface area (Å²) in [6.07, 6.45) is 0. The zero-order valence-corrected chi connectivity index (χ0v) is 16.8. The van der Waals surface area contributed by atoms with Crippen LogP contribution in [0.4, 0.5) is 5.88 Å². The first-order valence-corrected chi connectivity index (χ1v) is 9.45. The lowest BCUT2D eigenvalue weighted by Gasteiger charge is -2.19. The molecular formula is C23H27N3O2. The fourth-order valence-electron chi connectivity index (χ4n) is 2.90. The van der Waals surface area contributed by atoms with E-state index in [1.54, 1.807) is 6.07 Å². The predicted molar refractivity (Wildman–Crippen MR) is 111 cm³/mol. The fourth-order valence-corrected chi connectivity index (χ4v) is 2.90. The molecule has 3 rings (SSSR count). The second-order valence-electron chi connectivity index (χ2n) is 8.01. The van der Waals surface area contributed by atoms with Gasteiger partial charge in [0.05, 0.1) is 18.3 Å². The normalized spacial score (nSPS) is 12.6. The van der Waals surface area contributed by atoms with Gasteiger partial charge in [-0.2, -0.15) is 0 Å². The maximum Gasteiger partial charge on any atom is 0.240 e. The van der Waals surface area contributed by atoms with Gasteiger partial charge < -0.3 is 4.52 Å². The van der Waals surface area contributed by atoms with Crippen LogP contribution in [0.25, 0.3) is 0 Å². The van der Waals surface area contributed by atoms with E-state index in [1.165, 1.54) is 5.56 Å². The van der Waals surface area contributed by atoms with Crippen molar-refractivity contribution in [2.75, 3.05) is 11.9 Å². The first-order valence-electron chi connectivity index (χ1n) is 9.45. The van der Waals surface area contributed by atoms with E-state index in [9.17, 15) is 4.79 Å². The smallest absolute Gasteiger partial charge is 0.240 e. The van der Waals surface area contributed by atoms with E-state index >= 15 is 0 Å². The number of amides is 1. The van der Waals surface area contributed by atoms with Gasteiger partial charge in [0.25, 0.3) is 0 Å². The topological polar surface area (TPSA) is 67.2 Å². The Balaban J connectivity index is 1.69. The molecule has 0 spiro atoms. The van der Waals surface area contributed by atoms with E-state index in [2.05, 4.69) is 59.1 Å². The Hall–Kier alpha value is -2.92. The van der Waals surface area contributed by atoms with Crippen molar-refractivity contribution < 1.29 is 9.32 Å². The summed E-state index contributed by atoms with van der Waals surface area (Å²) in [5.74, 6) is 0.188. The Bertz CT molecular complexity index is 909. The molecule has 1 heterocycles. The molecule has 0 fully saturated rings. The van der Waals surface area contributed by atoms with Gasteiger partial charge in [-0.1, -0.05) is 86.1 Å². The van der Waals surface area contributed by atoms with Crippen LogP contribution in [0.3, 0.4) is 0 Å². The van der Waals surface area contributed by atoms with Crippen molar-refractivity contribution in [3.63, 3.8) is 0 Å². The molecule has 0 radical (unpaired) electrons. The van der Waals surface area contributed by atoms with Crippen LogP contribution in [-0.2, 0) is 10.2 Å². The molecule has 2 aromatic carbocycles. The third kappa shape index (κ3) is 5.08. The number of anilines is 1. The van der Waals surface area contributed by atoms with E-state index in [0.29, 0.717) is 5.88 Å². The zero-order chi connectivity index (χ0) is 20.1. The highest BCUT2D eigenvalue weighted by Gasteiger charge is 2.20. The minimum absolute atomic E-state index is 0.0765. The van der Waals surface area contributed by atoms with Crippen LogP contribution in [0.5, 0.6) is 0 Å². The molecule has 5 heteroatoms. The van der Waals surface area contributed by atoms with Gasteiger partial charge in [-0.15, -0.1) is 0 Å². The van der Waals surface area contributed by atoms with Crippen LogP contribution >= 0.6 is 0 Å². The van der Waals surface area contributed by atoms with E-state index < -0.39 is 0 Å². The van der Waals surface area contributed by atoms with Crippen LogP contribution in [0, 0.1) is 6.92 Å². The lowest BCUT2D eigenvalue weighted by atomic mass is 9.92. The molecule has 146 valence electrons. The molecule has 0 saturated heterocycles. The van der Waals surface area contributed by atoms with Crippen molar-refractivity contribution in [1.29, 1.82) is 0 Å². The number of aryl methyl sites for hydroxylation is 1. The summed E-state index contributed by atoms with van der Waals surface area (Å²) < 4.78 is 5.24. The lowest BCUT2D eigenvalue weighted by Crippen LogP contribution is -2.31. The summed E-state index contributed by atoms with van der Waals surface area (Å²) in [6.45, 7) is 8.35. The van der Waals surface area contributed by atoms with Gasteiger partial charge in [-0.05, 0) is 18.1 Å². The zero-order valence-electron chi connectivity index (χ0n) is 16.8. The minimum Gasteiger partial charge on any atom is -0.338 e. The van der Waals surface area contributed by atoms with Gasteiger partial charge in [0.2, 0.25) is 11.8 Å². The Morgan fingerprint density at radius 2 is 1.68 bits per heavy atom. The number of hydrogen-bond donors (Lipinski definition) is 2. The molecule has 5 nitrogen and oxygen atoms in total. The molecule has 0 saturated carbocycles. The van der Waals surface area contributed by atoms with E-state index in [4.69, 9.17) is 4.52 Å². The first kappa shape index (κ1) is 19.8. The number of nitrogens with zero attached hydrogens (tertiary/aromatic N) is 1. The summed E-state index contributed by atoms with van der Waals surface area (Å²) in [5.41, 5.74) is 4.09. The molecule has 0 unspecified atom stereocenters. The number of hydrogen-bond acceptors (Lipinski definition) is 4. The van der Waals surface area contributed by atoms with Crippen LogP contribution in [0.2, 0.25) is 0 Å². The van der Waals surface area contributed by atoms with Crippen molar-refractivity contribution in [1.82, 2.24) is 10.5 Å². The minimum atomic E-state index is -0.176. The standard InChI is InChI=1S/C23H27N3O2/c1-16-10-12-18(13-11-16)22(17-8-6-5-7-9-17)24-15-20(27)25-21-14-19(26-28-21)23(2,3)4/h5-14,22,24H,15H2,1-4H3,(H,25,27)/t22-/m0/s1. The second-order valence-corrected chi connectivity index (χ2v) is 8.01. The van der Waals surface area contributed by atoms with Crippen LogP contribution in [-0.4, -0.2) is 17.6 Å². The van der Waals surface area contributed by atoms with Crippen LogP contribution in [0.15, 0.2) is 65.2 Å². The highest BCUT2D eigenvalue weighted by molar-refractivity contribution is 5.91. The molecule has 1 atom stereocenters. The molecule has 1 aromatic heterocycles. The Labute approximate surface area is 166 Å². The highest BCUT2D eigenvalue weighted by atomic mass is 16.5. The maximum absolute atomic E-state index is 12.4. The van der Waals surface area contributed by atoms with Gasteiger partial charge >= 0.3 is 0 Å². The van der Waals surface area contributed by atoms with Crippen molar-refractivity contribution >= 4 is 11.8 Å². The predicted octanol–water partition coefficient (Wildman–Crippen LogP) is 4.60. The van der Waals surface area contributed by atoms with Gasteiger partial charge in [-0.25, -0.2) is 0 Å². The molecule has 0 aliphatic heterocycles. The monoisotopic (exact) mass is 377 g/mol. The maximum atomic E-state index is 12.4. The lowest BCUT2D eigenvalue weighted by molar-refractivity contribution is -0.115. The summed E-state index contributed by atoms with van der Waals surface area (Å²) in [7, 11) is 0. The Morgan fingerprint density at radius 3 is 2.29 bits per heavy atom. The summed E-state index contributed by atoms with van der Waals surface area (Å²) in [6, 6.07) is 20.1. The quantitative estimate of drug-likeness (QED) is 0.659. The van der Waals surface area contributed by atoms with E-state index in [1.807, 2.05) is 39.0 Å². The van der Waals surface area contributed by atoms with E-state index in [0.717, 1.165) is 16.8 Å². The molecule has 2 N–H and O–H groups in total. The fraction of sp³-hybridized carbons (Fsp3) is 0.304. The van der Waals surface area contributed by atoms with Crippen molar-refractivity contribution in [2.24, 2.45) is 0 Å². The molecule has 1 amide bonds. The summed E-state index contributed by atoms with van der Waals surface area (Å²) in [5, 5.41) is 10.2.